The van der Waals surface area contributed by atoms with Gasteiger partial charge in [0.05, 0.1) is 9.82 Å². The van der Waals surface area contributed by atoms with Gasteiger partial charge >= 0.3 is 0 Å². The number of hydrogen-bond donors (Lipinski definition) is 0. The number of carbonyl (C=O) groups is 1. The molecule has 0 aliphatic carbocycles. The monoisotopic (exact) mass is 291 g/mol. The molecule has 7 heteroatoms. The maximum absolute atomic E-state index is 12.4. The summed E-state index contributed by atoms with van der Waals surface area (Å²) in [6.45, 7) is 0. The van der Waals surface area contributed by atoms with Crippen molar-refractivity contribution in [1.29, 1.82) is 0 Å². The zero-order valence-corrected chi connectivity index (χ0v) is 10.9. The number of benzene rings is 2. The predicted octanol–water partition coefficient (Wildman–Crippen LogP) is 2.24. The molecule has 0 aliphatic heterocycles. The van der Waals surface area contributed by atoms with Crippen LogP contribution in [0.5, 0.6) is 0 Å². The molecule has 6 nitrogen and oxygen atoms in total. The van der Waals surface area contributed by atoms with Crippen molar-refractivity contribution in [3.63, 3.8) is 0 Å². The van der Waals surface area contributed by atoms with Gasteiger partial charge in [0.2, 0.25) is 9.84 Å². The molecule has 0 aliphatic rings. The van der Waals surface area contributed by atoms with Gasteiger partial charge in [-0.05, 0) is 24.3 Å². The SMILES string of the molecule is O=Cc1ccc(S(=O)(=O)c2ccccc2)c([N+](=O)[O-])c1. The summed E-state index contributed by atoms with van der Waals surface area (Å²) in [4.78, 5) is 20.3. The van der Waals surface area contributed by atoms with Gasteiger partial charge < -0.3 is 0 Å². The van der Waals surface area contributed by atoms with Crippen molar-refractivity contribution in [2.45, 2.75) is 9.79 Å². The van der Waals surface area contributed by atoms with Gasteiger partial charge in [0, 0.05) is 11.6 Å². The number of nitro groups is 1. The number of carbonyl (C=O) groups excluding carboxylic acids is 1. The van der Waals surface area contributed by atoms with E-state index in [-0.39, 0.29) is 10.5 Å². The number of nitro benzene ring substituents is 1. The third-order valence-corrected chi connectivity index (χ3v) is 4.48. The van der Waals surface area contributed by atoms with E-state index in [1.54, 1.807) is 6.07 Å². The number of nitrogens with zero attached hydrogens (tertiary/aromatic N) is 1. The van der Waals surface area contributed by atoms with E-state index in [1.165, 1.54) is 30.3 Å². The minimum Gasteiger partial charge on any atom is -0.298 e. The molecule has 0 fully saturated rings. The summed E-state index contributed by atoms with van der Waals surface area (Å²) >= 11 is 0. The molecule has 0 spiro atoms. The first kappa shape index (κ1) is 13.9. The molecule has 0 N–H and O–H groups in total. The summed E-state index contributed by atoms with van der Waals surface area (Å²) < 4.78 is 24.7. The Morgan fingerprint density at radius 2 is 1.70 bits per heavy atom. The van der Waals surface area contributed by atoms with E-state index in [1.807, 2.05) is 0 Å². The van der Waals surface area contributed by atoms with Crippen molar-refractivity contribution in [3.05, 3.63) is 64.2 Å². The average Bonchev–Trinajstić information content (AvgIpc) is 2.47. The maximum atomic E-state index is 12.4. The summed E-state index contributed by atoms with van der Waals surface area (Å²) in [6, 6.07) is 10.7. The van der Waals surface area contributed by atoms with Crippen molar-refractivity contribution in [2.75, 3.05) is 0 Å². The van der Waals surface area contributed by atoms with E-state index in [9.17, 15) is 23.3 Å². The number of hydrogen-bond acceptors (Lipinski definition) is 5. The largest absolute Gasteiger partial charge is 0.298 e. The predicted molar refractivity (Wildman–Crippen MR) is 70.4 cm³/mol. The van der Waals surface area contributed by atoms with E-state index in [0.717, 1.165) is 12.1 Å². The summed E-state index contributed by atoms with van der Waals surface area (Å²) in [6.07, 6.45) is 0.423. The molecule has 0 heterocycles. The van der Waals surface area contributed by atoms with Crippen molar-refractivity contribution in [1.82, 2.24) is 0 Å². The van der Waals surface area contributed by atoms with Crippen LogP contribution < -0.4 is 0 Å². The Kier molecular flexibility index (Phi) is 3.62. The molecule has 2 aromatic carbocycles. The van der Waals surface area contributed by atoms with E-state index in [4.69, 9.17) is 0 Å². The zero-order valence-electron chi connectivity index (χ0n) is 10.1. The van der Waals surface area contributed by atoms with Crippen molar-refractivity contribution in [2.24, 2.45) is 0 Å². The molecule has 0 saturated carbocycles. The highest BCUT2D eigenvalue weighted by atomic mass is 32.2. The van der Waals surface area contributed by atoms with Gasteiger partial charge in [-0.3, -0.25) is 14.9 Å². The molecule has 2 aromatic rings. The van der Waals surface area contributed by atoms with Crippen LogP contribution in [0.2, 0.25) is 0 Å². The third kappa shape index (κ3) is 2.43. The van der Waals surface area contributed by atoms with Crippen molar-refractivity contribution < 1.29 is 18.1 Å². The van der Waals surface area contributed by atoms with E-state index >= 15 is 0 Å². The average molecular weight is 291 g/mol. The molecule has 0 unspecified atom stereocenters. The number of aldehydes is 1. The molecule has 0 bridgehead atoms. The molecule has 0 saturated heterocycles. The zero-order chi connectivity index (χ0) is 14.8. The van der Waals surface area contributed by atoms with Crippen LogP contribution in [0.3, 0.4) is 0 Å². The first-order valence-electron chi connectivity index (χ1n) is 5.50. The van der Waals surface area contributed by atoms with Gasteiger partial charge in [0.15, 0.2) is 0 Å². The second kappa shape index (κ2) is 5.22. The third-order valence-electron chi connectivity index (χ3n) is 2.66. The Balaban J connectivity index is 2.69. The van der Waals surface area contributed by atoms with Crippen LogP contribution in [0, 0.1) is 10.1 Å². The summed E-state index contributed by atoms with van der Waals surface area (Å²) in [7, 11) is -4.00. The van der Waals surface area contributed by atoms with Crippen LogP contribution >= 0.6 is 0 Å². The second-order valence-electron chi connectivity index (χ2n) is 3.92. The van der Waals surface area contributed by atoms with Gasteiger partial charge in [0.1, 0.15) is 11.2 Å². The second-order valence-corrected chi connectivity index (χ2v) is 5.84. The number of sulfone groups is 1. The molecule has 0 aromatic heterocycles. The summed E-state index contributed by atoms with van der Waals surface area (Å²) in [5.41, 5.74) is -0.567. The fourth-order valence-electron chi connectivity index (χ4n) is 1.70. The fraction of sp³-hybridized carbons (Fsp3) is 0. The van der Waals surface area contributed by atoms with Crippen LogP contribution in [0.1, 0.15) is 10.4 Å². The highest BCUT2D eigenvalue weighted by Gasteiger charge is 2.27. The smallest absolute Gasteiger partial charge is 0.289 e. The maximum Gasteiger partial charge on any atom is 0.289 e. The van der Waals surface area contributed by atoms with Crippen LogP contribution in [-0.2, 0) is 9.84 Å². The fourth-order valence-corrected chi connectivity index (χ4v) is 3.13. The first-order valence-corrected chi connectivity index (χ1v) is 6.99. The Labute approximate surface area is 114 Å². The lowest BCUT2D eigenvalue weighted by molar-refractivity contribution is -0.387. The molecule has 102 valence electrons. The first-order chi connectivity index (χ1) is 9.46. The lowest BCUT2D eigenvalue weighted by Gasteiger charge is -2.05. The van der Waals surface area contributed by atoms with Crippen LogP contribution in [0.25, 0.3) is 0 Å². The Hall–Kier alpha value is -2.54. The lowest BCUT2D eigenvalue weighted by Crippen LogP contribution is -2.06. The van der Waals surface area contributed by atoms with Crippen LogP contribution in [-0.4, -0.2) is 19.6 Å². The topological polar surface area (TPSA) is 94.3 Å². The van der Waals surface area contributed by atoms with Crippen molar-refractivity contribution >= 4 is 21.8 Å². The highest BCUT2D eigenvalue weighted by molar-refractivity contribution is 7.91. The molecule has 0 amide bonds. The highest BCUT2D eigenvalue weighted by Crippen LogP contribution is 2.29. The summed E-state index contributed by atoms with van der Waals surface area (Å²) in [5.74, 6) is 0. The van der Waals surface area contributed by atoms with Gasteiger partial charge in [0.25, 0.3) is 5.69 Å². The molecular weight excluding hydrogens is 282 g/mol. The molecule has 0 radical (unpaired) electrons. The quantitative estimate of drug-likeness (QED) is 0.489. The van der Waals surface area contributed by atoms with Gasteiger partial charge in [-0.15, -0.1) is 0 Å². The van der Waals surface area contributed by atoms with Gasteiger partial charge in [-0.1, -0.05) is 18.2 Å². The molecule has 2 rings (SSSR count). The molecular formula is C13H9NO5S. The lowest BCUT2D eigenvalue weighted by atomic mass is 10.2. The van der Waals surface area contributed by atoms with Gasteiger partial charge in [-0.25, -0.2) is 8.42 Å². The standard InChI is InChI=1S/C13H9NO5S/c15-9-10-6-7-13(12(8-10)14(16)17)20(18,19)11-4-2-1-3-5-11/h1-9H. The minimum atomic E-state index is -4.00. The Morgan fingerprint density at radius 1 is 1.05 bits per heavy atom. The number of rotatable bonds is 4. The van der Waals surface area contributed by atoms with Gasteiger partial charge in [-0.2, -0.15) is 0 Å². The molecule has 20 heavy (non-hydrogen) atoms. The normalized spacial score (nSPS) is 11.0. The summed E-state index contributed by atoms with van der Waals surface area (Å²) in [5, 5.41) is 11.0. The van der Waals surface area contributed by atoms with E-state index in [0.29, 0.717) is 6.29 Å². The van der Waals surface area contributed by atoms with E-state index in [2.05, 4.69) is 0 Å². The van der Waals surface area contributed by atoms with E-state index < -0.39 is 25.3 Å². The minimum absolute atomic E-state index is 0.0399. The Morgan fingerprint density at radius 3 is 2.25 bits per heavy atom. The van der Waals surface area contributed by atoms with Crippen molar-refractivity contribution in [3.8, 4) is 0 Å². The molecule has 0 atom stereocenters. The van der Waals surface area contributed by atoms with Crippen LogP contribution in [0.15, 0.2) is 58.3 Å². The van der Waals surface area contributed by atoms with Crippen LogP contribution in [0.4, 0.5) is 5.69 Å². The Bertz CT molecular complexity index is 769.